The molecule has 1 aliphatic heterocycles. The van der Waals surface area contributed by atoms with E-state index in [1.807, 2.05) is 0 Å². The number of carbonyl (C=O) groups excluding carboxylic acids is 2. The minimum atomic E-state index is -0.662. The molecule has 2 N–H and O–H groups in total. The lowest BCUT2D eigenvalue weighted by molar-refractivity contribution is -0.120. The predicted octanol–water partition coefficient (Wildman–Crippen LogP) is 0.244. The number of hydrogen-bond acceptors (Lipinski definition) is 5. The summed E-state index contributed by atoms with van der Waals surface area (Å²) in [5.41, 5.74) is 1.46. The summed E-state index contributed by atoms with van der Waals surface area (Å²) >= 11 is 0. The van der Waals surface area contributed by atoms with Crippen LogP contribution in [0.5, 0.6) is 0 Å². The van der Waals surface area contributed by atoms with E-state index in [4.69, 9.17) is 0 Å². The maximum Gasteiger partial charge on any atom is 0.322 e. The zero-order chi connectivity index (χ0) is 15.5. The average Bonchev–Trinajstić information content (AvgIpc) is 3.12. The topological polar surface area (TPSA) is 102 Å². The lowest BCUT2D eigenvalue weighted by atomic mass is 10.0. The van der Waals surface area contributed by atoms with E-state index in [2.05, 4.69) is 37.9 Å². The molecule has 1 aliphatic rings. The third-order valence-electron chi connectivity index (χ3n) is 3.13. The van der Waals surface area contributed by atoms with Gasteiger partial charge in [0.15, 0.2) is 0 Å². The predicted molar refractivity (Wildman–Crippen MR) is 76.1 cm³/mol. The molecule has 0 spiro atoms. The quantitative estimate of drug-likeness (QED) is 0.624. The molecule has 3 rings (SSSR count). The largest absolute Gasteiger partial charge is 0.322 e. The van der Waals surface area contributed by atoms with Crippen molar-refractivity contribution in [3.8, 4) is 23.2 Å². The molecular formula is C14H12N6O2. The highest BCUT2D eigenvalue weighted by molar-refractivity contribution is 6.04. The zero-order valence-corrected chi connectivity index (χ0v) is 11.7. The van der Waals surface area contributed by atoms with E-state index in [1.165, 1.54) is 4.80 Å². The average molecular weight is 296 g/mol. The number of urea groups is 1. The van der Waals surface area contributed by atoms with Crippen LogP contribution in [0.2, 0.25) is 0 Å². The van der Waals surface area contributed by atoms with Crippen LogP contribution in [0.4, 0.5) is 4.79 Å². The van der Waals surface area contributed by atoms with Gasteiger partial charge in [-0.2, -0.15) is 4.80 Å². The summed E-state index contributed by atoms with van der Waals surface area (Å²) in [5, 5.41) is 16.8. The summed E-state index contributed by atoms with van der Waals surface area (Å²) in [6.45, 7) is 2.13. The van der Waals surface area contributed by atoms with Crippen LogP contribution >= 0.6 is 0 Å². The number of hydrogen-bond donors (Lipinski definition) is 2. The van der Waals surface area contributed by atoms with Gasteiger partial charge in [-0.1, -0.05) is 30.2 Å². The Labute approximate surface area is 125 Å². The lowest BCUT2D eigenvalue weighted by Crippen LogP contribution is -2.22. The van der Waals surface area contributed by atoms with Gasteiger partial charge in [-0.25, -0.2) is 4.79 Å². The van der Waals surface area contributed by atoms with Gasteiger partial charge in [0.1, 0.15) is 12.6 Å². The summed E-state index contributed by atoms with van der Waals surface area (Å²) in [7, 11) is 0. The van der Waals surface area contributed by atoms with Gasteiger partial charge in [0.25, 0.3) is 5.91 Å². The van der Waals surface area contributed by atoms with Crippen molar-refractivity contribution in [2.24, 2.45) is 0 Å². The molecule has 0 bridgehead atoms. The van der Waals surface area contributed by atoms with Crippen LogP contribution in [0.25, 0.3) is 11.4 Å². The van der Waals surface area contributed by atoms with Crippen LogP contribution in [0.1, 0.15) is 18.5 Å². The van der Waals surface area contributed by atoms with E-state index in [0.29, 0.717) is 17.9 Å². The molecule has 1 aromatic heterocycles. The minimum absolute atomic E-state index is 0.361. The Morgan fingerprint density at radius 2 is 2.05 bits per heavy atom. The number of imide groups is 1. The Hall–Kier alpha value is -3.21. The van der Waals surface area contributed by atoms with Crippen molar-refractivity contribution < 1.29 is 9.59 Å². The first-order chi connectivity index (χ1) is 10.7. The van der Waals surface area contributed by atoms with Gasteiger partial charge in [-0.3, -0.25) is 10.1 Å². The Morgan fingerprint density at radius 3 is 2.68 bits per heavy atom. The second kappa shape index (κ2) is 5.65. The molecule has 110 valence electrons. The molecule has 2 heterocycles. The van der Waals surface area contributed by atoms with Gasteiger partial charge in [0.2, 0.25) is 5.82 Å². The smallest absolute Gasteiger partial charge is 0.322 e. The van der Waals surface area contributed by atoms with Crippen molar-refractivity contribution in [2.75, 3.05) is 0 Å². The molecule has 0 saturated carbocycles. The molecule has 1 fully saturated rings. The van der Waals surface area contributed by atoms with Gasteiger partial charge < -0.3 is 5.32 Å². The van der Waals surface area contributed by atoms with E-state index in [9.17, 15) is 9.59 Å². The lowest BCUT2D eigenvalue weighted by Gasteiger charge is -2.07. The molecule has 0 radical (unpaired) electrons. The number of amides is 3. The molecule has 8 nitrogen and oxygen atoms in total. The SMILES string of the molecule is CC#CCn1nnc(-c2ccc(C3NC(=O)NC3=O)cc2)n1. The molecule has 1 atom stereocenters. The normalized spacial score (nSPS) is 16.7. The molecular weight excluding hydrogens is 284 g/mol. The standard InChI is InChI=1S/C14H12N6O2/c1-2-3-8-20-18-12(17-19-20)10-6-4-9(5-7-10)11-13(21)16-14(22)15-11/h4-7,11H,8H2,1H3,(H2,15,16,21,22). The van der Waals surface area contributed by atoms with Crippen LogP contribution in [0.15, 0.2) is 24.3 Å². The monoisotopic (exact) mass is 296 g/mol. The first-order valence-corrected chi connectivity index (χ1v) is 6.56. The molecule has 0 aliphatic carbocycles. The van der Waals surface area contributed by atoms with Crippen LogP contribution in [-0.4, -0.2) is 32.1 Å². The van der Waals surface area contributed by atoms with Gasteiger partial charge in [-0.15, -0.1) is 16.1 Å². The number of rotatable bonds is 3. The molecule has 3 amide bonds. The summed E-state index contributed by atoms with van der Waals surface area (Å²) in [6, 6.07) is 5.90. The van der Waals surface area contributed by atoms with Crippen LogP contribution in [-0.2, 0) is 11.3 Å². The molecule has 2 aromatic rings. The fourth-order valence-electron chi connectivity index (χ4n) is 2.05. The van der Waals surface area contributed by atoms with Crippen molar-refractivity contribution in [3.05, 3.63) is 29.8 Å². The van der Waals surface area contributed by atoms with E-state index in [-0.39, 0.29) is 5.91 Å². The number of benzene rings is 1. The van der Waals surface area contributed by atoms with Crippen molar-refractivity contribution in [1.82, 2.24) is 30.8 Å². The summed E-state index contributed by atoms with van der Waals surface area (Å²) in [4.78, 5) is 24.1. The van der Waals surface area contributed by atoms with E-state index < -0.39 is 12.1 Å². The molecule has 1 unspecified atom stereocenters. The maximum atomic E-state index is 11.6. The number of carbonyl (C=O) groups is 2. The van der Waals surface area contributed by atoms with Crippen molar-refractivity contribution in [1.29, 1.82) is 0 Å². The van der Waals surface area contributed by atoms with Gasteiger partial charge in [0.05, 0.1) is 0 Å². The number of nitrogens with zero attached hydrogens (tertiary/aromatic N) is 4. The van der Waals surface area contributed by atoms with Gasteiger partial charge in [0, 0.05) is 5.56 Å². The molecule has 1 saturated heterocycles. The third kappa shape index (κ3) is 2.64. The van der Waals surface area contributed by atoms with Crippen LogP contribution < -0.4 is 10.6 Å². The van der Waals surface area contributed by atoms with Crippen molar-refractivity contribution >= 4 is 11.9 Å². The second-order valence-electron chi connectivity index (χ2n) is 4.59. The fraction of sp³-hybridized carbons (Fsp3) is 0.214. The second-order valence-corrected chi connectivity index (χ2v) is 4.59. The van der Waals surface area contributed by atoms with E-state index >= 15 is 0 Å². The van der Waals surface area contributed by atoms with Gasteiger partial charge in [-0.05, 0) is 17.7 Å². The molecule has 1 aromatic carbocycles. The highest BCUT2D eigenvalue weighted by Gasteiger charge is 2.30. The first-order valence-electron chi connectivity index (χ1n) is 6.56. The van der Waals surface area contributed by atoms with Crippen molar-refractivity contribution in [2.45, 2.75) is 19.5 Å². The Bertz CT molecular complexity index is 784. The first kappa shape index (κ1) is 13.8. The third-order valence-corrected chi connectivity index (χ3v) is 3.13. The van der Waals surface area contributed by atoms with Crippen LogP contribution in [0.3, 0.4) is 0 Å². The van der Waals surface area contributed by atoms with E-state index in [1.54, 1.807) is 31.2 Å². The Morgan fingerprint density at radius 1 is 1.27 bits per heavy atom. The Kier molecular flexibility index (Phi) is 3.53. The number of nitrogens with one attached hydrogen (secondary N) is 2. The fourth-order valence-corrected chi connectivity index (χ4v) is 2.05. The summed E-state index contributed by atoms with van der Waals surface area (Å²) in [6.07, 6.45) is 0. The highest BCUT2D eigenvalue weighted by atomic mass is 16.2. The summed E-state index contributed by atoms with van der Waals surface area (Å²) < 4.78 is 0. The van der Waals surface area contributed by atoms with E-state index in [0.717, 1.165) is 5.56 Å². The number of aromatic nitrogens is 4. The summed E-state index contributed by atoms with van der Waals surface area (Å²) in [5.74, 6) is 5.72. The molecule has 8 heteroatoms. The molecule has 22 heavy (non-hydrogen) atoms. The van der Waals surface area contributed by atoms with Crippen molar-refractivity contribution in [3.63, 3.8) is 0 Å². The Balaban J connectivity index is 1.79. The van der Waals surface area contributed by atoms with Gasteiger partial charge >= 0.3 is 6.03 Å². The zero-order valence-electron chi connectivity index (χ0n) is 11.7. The maximum absolute atomic E-state index is 11.6. The highest BCUT2D eigenvalue weighted by Crippen LogP contribution is 2.20. The van der Waals surface area contributed by atoms with Crippen LogP contribution in [0, 0.1) is 11.8 Å². The minimum Gasteiger partial charge on any atom is -0.322 e. The number of tetrazole rings is 1.